The maximum absolute atomic E-state index is 12.1. The van der Waals surface area contributed by atoms with Crippen LogP contribution in [0.2, 0.25) is 0 Å². The van der Waals surface area contributed by atoms with Crippen molar-refractivity contribution in [2.45, 2.75) is 27.2 Å². The summed E-state index contributed by atoms with van der Waals surface area (Å²) < 4.78 is 5.52. The van der Waals surface area contributed by atoms with Crippen molar-refractivity contribution in [3.05, 3.63) is 71.1 Å². The zero-order chi connectivity index (χ0) is 15.2. The number of hydrogen-bond donors (Lipinski definition) is 0. The minimum Gasteiger partial charge on any atom is -0.423 e. The smallest absolute Gasteiger partial charge is 0.343 e. The summed E-state index contributed by atoms with van der Waals surface area (Å²) in [5, 5.41) is 0. The van der Waals surface area contributed by atoms with Crippen LogP contribution in [0.5, 0.6) is 5.75 Å². The lowest BCUT2D eigenvalue weighted by Gasteiger charge is -2.10. The molecular formula is C18H19NO2. The van der Waals surface area contributed by atoms with Gasteiger partial charge < -0.3 is 4.74 Å². The Morgan fingerprint density at radius 2 is 1.90 bits per heavy atom. The molecule has 2 rings (SSSR count). The van der Waals surface area contributed by atoms with E-state index in [1.54, 1.807) is 24.5 Å². The number of carbonyl (C=O) groups is 1. The molecule has 0 spiro atoms. The van der Waals surface area contributed by atoms with Gasteiger partial charge in [0, 0.05) is 12.4 Å². The number of nitrogens with zero attached hydrogens (tertiary/aromatic N) is 1. The first-order valence-corrected chi connectivity index (χ1v) is 6.91. The van der Waals surface area contributed by atoms with Crippen LogP contribution in [-0.4, -0.2) is 11.0 Å². The fraction of sp³-hybridized carbons (Fsp3) is 0.222. The highest BCUT2D eigenvalue weighted by atomic mass is 16.5. The third-order valence-corrected chi connectivity index (χ3v) is 3.06. The first kappa shape index (κ1) is 15.0. The molecule has 0 aliphatic rings. The molecule has 0 saturated carbocycles. The molecule has 0 bridgehead atoms. The van der Waals surface area contributed by atoms with Crippen LogP contribution in [-0.2, 0) is 6.42 Å². The lowest BCUT2D eigenvalue weighted by molar-refractivity contribution is 0.0733. The number of rotatable bonds is 4. The van der Waals surface area contributed by atoms with Gasteiger partial charge in [0.1, 0.15) is 5.75 Å². The molecule has 0 fully saturated rings. The summed E-state index contributed by atoms with van der Waals surface area (Å²) in [7, 11) is 0. The molecule has 3 nitrogen and oxygen atoms in total. The molecule has 1 heterocycles. The number of ether oxygens (including phenoxy) is 1. The standard InChI is InChI=1S/C18H19NO2/c1-13(2)4-6-16-12-14(3)5-7-17(16)21-18(20)15-8-10-19-11-9-15/h4-5,7-12H,6H2,1-3H3. The largest absolute Gasteiger partial charge is 0.423 e. The van der Waals surface area contributed by atoms with Crippen molar-refractivity contribution >= 4 is 5.97 Å². The summed E-state index contributed by atoms with van der Waals surface area (Å²) in [5.41, 5.74) is 3.90. The van der Waals surface area contributed by atoms with Gasteiger partial charge in [-0.05, 0) is 51.0 Å². The average molecular weight is 281 g/mol. The predicted molar refractivity (Wildman–Crippen MR) is 83.5 cm³/mol. The van der Waals surface area contributed by atoms with E-state index in [0.29, 0.717) is 11.3 Å². The second-order valence-corrected chi connectivity index (χ2v) is 5.22. The van der Waals surface area contributed by atoms with Gasteiger partial charge in [-0.25, -0.2) is 4.79 Å². The highest BCUT2D eigenvalue weighted by Gasteiger charge is 2.11. The summed E-state index contributed by atoms with van der Waals surface area (Å²) >= 11 is 0. The molecule has 0 aliphatic carbocycles. The molecular weight excluding hydrogens is 262 g/mol. The van der Waals surface area contributed by atoms with Crippen LogP contribution in [0.3, 0.4) is 0 Å². The quantitative estimate of drug-likeness (QED) is 0.481. The van der Waals surface area contributed by atoms with Crippen molar-refractivity contribution in [3.63, 3.8) is 0 Å². The Balaban J connectivity index is 2.23. The lowest BCUT2D eigenvalue weighted by atomic mass is 10.1. The van der Waals surface area contributed by atoms with Gasteiger partial charge in [-0.2, -0.15) is 0 Å². The van der Waals surface area contributed by atoms with E-state index < -0.39 is 0 Å². The minimum absolute atomic E-state index is 0.361. The number of benzene rings is 1. The number of pyridine rings is 1. The third kappa shape index (κ3) is 4.28. The van der Waals surface area contributed by atoms with E-state index in [1.807, 2.05) is 19.1 Å². The van der Waals surface area contributed by atoms with Crippen LogP contribution in [0.15, 0.2) is 54.4 Å². The SMILES string of the molecule is CC(C)=CCc1cc(C)ccc1OC(=O)c1ccncc1. The Morgan fingerprint density at radius 1 is 1.19 bits per heavy atom. The van der Waals surface area contributed by atoms with E-state index in [1.165, 1.54) is 5.57 Å². The normalized spacial score (nSPS) is 10.0. The van der Waals surface area contributed by atoms with Gasteiger partial charge in [-0.15, -0.1) is 0 Å². The third-order valence-electron chi connectivity index (χ3n) is 3.06. The van der Waals surface area contributed by atoms with Crippen molar-refractivity contribution in [1.82, 2.24) is 4.98 Å². The Morgan fingerprint density at radius 3 is 2.57 bits per heavy atom. The Kier molecular flexibility index (Phi) is 4.88. The molecule has 0 aliphatic heterocycles. The molecule has 2 aromatic rings. The van der Waals surface area contributed by atoms with E-state index in [0.717, 1.165) is 17.5 Å². The molecule has 0 amide bonds. The van der Waals surface area contributed by atoms with E-state index in [9.17, 15) is 4.79 Å². The van der Waals surface area contributed by atoms with Gasteiger partial charge in [0.15, 0.2) is 0 Å². The summed E-state index contributed by atoms with van der Waals surface area (Å²) in [6.45, 7) is 6.14. The number of esters is 1. The number of aryl methyl sites for hydroxylation is 1. The van der Waals surface area contributed by atoms with Crippen LogP contribution in [0, 0.1) is 6.92 Å². The first-order valence-electron chi connectivity index (χ1n) is 6.91. The number of carbonyl (C=O) groups excluding carboxylic acids is 1. The highest BCUT2D eigenvalue weighted by molar-refractivity contribution is 5.91. The van der Waals surface area contributed by atoms with E-state index in [2.05, 4.69) is 31.0 Å². The van der Waals surface area contributed by atoms with Crippen LogP contribution < -0.4 is 4.74 Å². The summed E-state index contributed by atoms with van der Waals surface area (Å²) in [4.78, 5) is 16.0. The van der Waals surface area contributed by atoms with Gasteiger partial charge in [0.2, 0.25) is 0 Å². The summed E-state index contributed by atoms with van der Waals surface area (Å²) in [5.74, 6) is 0.250. The molecule has 0 atom stereocenters. The summed E-state index contributed by atoms with van der Waals surface area (Å²) in [6, 6.07) is 9.14. The van der Waals surface area contributed by atoms with E-state index in [-0.39, 0.29) is 5.97 Å². The Hall–Kier alpha value is -2.42. The second kappa shape index (κ2) is 6.84. The number of hydrogen-bond acceptors (Lipinski definition) is 3. The van der Waals surface area contributed by atoms with E-state index in [4.69, 9.17) is 4.74 Å². The molecule has 108 valence electrons. The predicted octanol–water partition coefficient (Wildman–Crippen LogP) is 4.12. The average Bonchev–Trinajstić information content (AvgIpc) is 2.48. The lowest BCUT2D eigenvalue weighted by Crippen LogP contribution is -2.10. The van der Waals surface area contributed by atoms with Gasteiger partial charge in [-0.1, -0.05) is 29.3 Å². The zero-order valence-electron chi connectivity index (χ0n) is 12.6. The summed E-state index contributed by atoms with van der Waals surface area (Å²) in [6.07, 6.45) is 6.03. The number of allylic oxidation sites excluding steroid dienone is 2. The van der Waals surface area contributed by atoms with Gasteiger partial charge in [0.05, 0.1) is 5.56 Å². The monoisotopic (exact) mass is 281 g/mol. The second-order valence-electron chi connectivity index (χ2n) is 5.22. The van der Waals surface area contributed by atoms with Crippen LogP contribution in [0.1, 0.15) is 35.3 Å². The van der Waals surface area contributed by atoms with Crippen LogP contribution in [0.25, 0.3) is 0 Å². The maximum atomic E-state index is 12.1. The first-order chi connectivity index (χ1) is 10.1. The topological polar surface area (TPSA) is 39.2 Å². The minimum atomic E-state index is -0.361. The highest BCUT2D eigenvalue weighted by Crippen LogP contribution is 2.22. The molecule has 21 heavy (non-hydrogen) atoms. The fourth-order valence-electron chi connectivity index (χ4n) is 1.93. The van der Waals surface area contributed by atoms with Gasteiger partial charge >= 0.3 is 5.97 Å². The van der Waals surface area contributed by atoms with Crippen molar-refractivity contribution < 1.29 is 9.53 Å². The van der Waals surface area contributed by atoms with Crippen molar-refractivity contribution in [2.24, 2.45) is 0 Å². The Bertz CT molecular complexity index is 656. The Labute approximate surface area is 125 Å². The van der Waals surface area contributed by atoms with Gasteiger partial charge in [-0.3, -0.25) is 4.98 Å². The zero-order valence-corrected chi connectivity index (χ0v) is 12.6. The van der Waals surface area contributed by atoms with Crippen molar-refractivity contribution in [2.75, 3.05) is 0 Å². The maximum Gasteiger partial charge on any atom is 0.343 e. The molecule has 3 heteroatoms. The molecule has 1 aromatic carbocycles. The number of aromatic nitrogens is 1. The van der Waals surface area contributed by atoms with E-state index >= 15 is 0 Å². The molecule has 0 saturated heterocycles. The molecule has 1 aromatic heterocycles. The van der Waals surface area contributed by atoms with Crippen LogP contribution >= 0.6 is 0 Å². The fourth-order valence-corrected chi connectivity index (χ4v) is 1.93. The van der Waals surface area contributed by atoms with Gasteiger partial charge in [0.25, 0.3) is 0 Å². The molecule has 0 N–H and O–H groups in total. The van der Waals surface area contributed by atoms with Crippen molar-refractivity contribution in [3.8, 4) is 5.75 Å². The van der Waals surface area contributed by atoms with Crippen LogP contribution in [0.4, 0.5) is 0 Å². The molecule has 0 radical (unpaired) electrons. The molecule has 0 unspecified atom stereocenters. The van der Waals surface area contributed by atoms with Crippen molar-refractivity contribution in [1.29, 1.82) is 0 Å².